The minimum atomic E-state index is -3.97. The zero-order valence-electron chi connectivity index (χ0n) is 15.9. The fraction of sp³-hybridized carbons (Fsp3) is 0.222. The normalized spacial score (nSPS) is 13.0. The van der Waals surface area contributed by atoms with Gasteiger partial charge in [-0.1, -0.05) is 60.7 Å². The maximum absolute atomic E-state index is 12.7. The Hall–Kier alpha value is -1.92. The lowest BCUT2D eigenvalue weighted by atomic mass is 10.1. The Morgan fingerprint density at radius 3 is 1.11 bits per heavy atom. The number of phosphoric ester groups is 2. The molecule has 0 spiro atoms. The lowest BCUT2D eigenvalue weighted by Gasteiger charge is -2.22. The van der Waals surface area contributed by atoms with Crippen molar-refractivity contribution in [1.82, 2.24) is 0 Å². The molecule has 28 heavy (non-hydrogen) atoms. The van der Waals surface area contributed by atoms with Gasteiger partial charge in [0.2, 0.25) is 0 Å². The summed E-state index contributed by atoms with van der Waals surface area (Å²) in [4.78, 5) is 0. The Balaban J connectivity index is 2.75. The second-order valence-corrected chi connectivity index (χ2v) is 8.81. The highest BCUT2D eigenvalue weighted by Gasteiger charge is 2.33. The van der Waals surface area contributed by atoms with Crippen LogP contribution >= 0.6 is 15.6 Å². The van der Waals surface area contributed by atoms with E-state index in [2.05, 4.69) is 0 Å². The lowest BCUT2D eigenvalue weighted by molar-refractivity contribution is 0.191. The van der Waals surface area contributed by atoms with Gasteiger partial charge in [-0.25, -0.2) is 9.13 Å². The standard InChI is InChI=1S/C18H22O8P2/c1-21-27(19,22-2)25-17(15-11-7-5-8-12-15)18(16-13-9-6-10-14-16)26-28(20,23-3)24-4/h5-14H,1-4H3. The van der Waals surface area contributed by atoms with Crippen molar-refractivity contribution >= 4 is 27.2 Å². The average molecular weight is 428 g/mol. The first-order valence-electron chi connectivity index (χ1n) is 8.07. The molecule has 10 heteroatoms. The van der Waals surface area contributed by atoms with Gasteiger partial charge in [0.05, 0.1) is 0 Å². The maximum atomic E-state index is 12.7. The SMILES string of the molecule is COP(=O)(OC)OC(=C(OP(=O)(OC)OC)c1ccccc1)c1ccccc1. The third-order valence-corrected chi connectivity index (χ3v) is 6.18. The molecule has 0 aliphatic rings. The zero-order chi connectivity index (χ0) is 20.6. The number of hydrogen-bond donors (Lipinski definition) is 0. The number of rotatable bonds is 10. The predicted molar refractivity (Wildman–Crippen MR) is 105 cm³/mol. The molecule has 2 aromatic rings. The van der Waals surface area contributed by atoms with Gasteiger partial charge in [-0.2, -0.15) is 0 Å². The molecule has 0 bridgehead atoms. The third kappa shape index (κ3) is 5.55. The van der Waals surface area contributed by atoms with Gasteiger partial charge in [-0.3, -0.25) is 18.1 Å². The van der Waals surface area contributed by atoms with Crippen LogP contribution in [0, 0.1) is 0 Å². The van der Waals surface area contributed by atoms with Gasteiger partial charge in [0.25, 0.3) is 0 Å². The van der Waals surface area contributed by atoms with Gasteiger partial charge in [-0.15, -0.1) is 0 Å². The molecule has 0 N–H and O–H groups in total. The van der Waals surface area contributed by atoms with Crippen molar-refractivity contribution in [3.63, 3.8) is 0 Å². The Bertz CT molecular complexity index is 793. The van der Waals surface area contributed by atoms with E-state index in [0.717, 1.165) is 0 Å². The van der Waals surface area contributed by atoms with Gasteiger partial charge < -0.3 is 9.05 Å². The summed E-state index contributed by atoms with van der Waals surface area (Å²) >= 11 is 0. The van der Waals surface area contributed by atoms with E-state index < -0.39 is 15.6 Å². The van der Waals surface area contributed by atoms with E-state index in [4.69, 9.17) is 27.1 Å². The summed E-state index contributed by atoms with van der Waals surface area (Å²) in [5, 5.41) is 0. The van der Waals surface area contributed by atoms with Crippen LogP contribution in [0.3, 0.4) is 0 Å². The van der Waals surface area contributed by atoms with Crippen LogP contribution in [0.5, 0.6) is 0 Å². The van der Waals surface area contributed by atoms with Crippen molar-refractivity contribution in [2.75, 3.05) is 28.4 Å². The highest BCUT2D eigenvalue weighted by atomic mass is 31.2. The van der Waals surface area contributed by atoms with E-state index >= 15 is 0 Å². The summed E-state index contributed by atoms with van der Waals surface area (Å²) in [7, 11) is -3.19. The van der Waals surface area contributed by atoms with Crippen molar-refractivity contribution in [3.05, 3.63) is 71.8 Å². The summed E-state index contributed by atoms with van der Waals surface area (Å²) in [5.74, 6) is -0.0404. The number of phosphoric acid groups is 2. The van der Waals surface area contributed by atoms with E-state index in [0.29, 0.717) is 11.1 Å². The molecule has 2 rings (SSSR count). The second-order valence-electron chi connectivity index (χ2n) is 5.20. The topological polar surface area (TPSA) is 89.5 Å². The predicted octanol–water partition coefficient (Wildman–Crippen LogP) is 5.35. The number of benzene rings is 2. The Labute approximate surface area is 164 Å². The minimum absolute atomic E-state index is 0.0202. The quantitative estimate of drug-likeness (QED) is 0.284. The Kier molecular flexibility index (Phi) is 8.01. The molecule has 0 fully saturated rings. The van der Waals surface area contributed by atoms with Crippen molar-refractivity contribution < 1.29 is 36.3 Å². The van der Waals surface area contributed by atoms with Crippen molar-refractivity contribution in [1.29, 1.82) is 0 Å². The van der Waals surface area contributed by atoms with Crippen molar-refractivity contribution in [3.8, 4) is 0 Å². The highest BCUT2D eigenvalue weighted by molar-refractivity contribution is 7.49. The molecule has 0 heterocycles. The molecule has 0 aliphatic heterocycles. The van der Waals surface area contributed by atoms with Crippen LogP contribution in [0.2, 0.25) is 0 Å². The second kappa shape index (κ2) is 10.0. The summed E-state index contributed by atoms with van der Waals surface area (Å²) < 4.78 is 56.2. The molecule has 0 aliphatic carbocycles. The molecule has 0 aromatic heterocycles. The van der Waals surface area contributed by atoms with Crippen LogP contribution < -0.4 is 0 Å². The fourth-order valence-electron chi connectivity index (χ4n) is 2.15. The molecule has 0 atom stereocenters. The van der Waals surface area contributed by atoms with Crippen LogP contribution in [0.4, 0.5) is 0 Å². The molecule has 2 aromatic carbocycles. The molecule has 152 valence electrons. The first-order valence-corrected chi connectivity index (χ1v) is 11.0. The minimum Gasteiger partial charge on any atom is -0.399 e. The molecular formula is C18H22O8P2. The van der Waals surface area contributed by atoms with E-state index in [9.17, 15) is 9.13 Å². The van der Waals surface area contributed by atoms with Crippen LogP contribution in [-0.2, 0) is 36.3 Å². The molecule has 0 saturated carbocycles. The van der Waals surface area contributed by atoms with E-state index in [-0.39, 0.29) is 11.5 Å². The maximum Gasteiger partial charge on any atom is 0.529 e. The molecule has 0 unspecified atom stereocenters. The first-order chi connectivity index (χ1) is 13.4. The monoisotopic (exact) mass is 428 g/mol. The molecule has 0 saturated heterocycles. The van der Waals surface area contributed by atoms with E-state index in [1.54, 1.807) is 60.7 Å². The summed E-state index contributed by atoms with van der Waals surface area (Å²) in [6.45, 7) is 0. The van der Waals surface area contributed by atoms with Crippen molar-refractivity contribution in [2.45, 2.75) is 0 Å². The van der Waals surface area contributed by atoms with Crippen LogP contribution in [0.1, 0.15) is 11.1 Å². The summed E-state index contributed by atoms with van der Waals surface area (Å²) in [5.41, 5.74) is 0.962. The van der Waals surface area contributed by atoms with Crippen molar-refractivity contribution in [2.24, 2.45) is 0 Å². The zero-order valence-corrected chi connectivity index (χ0v) is 17.7. The largest absolute Gasteiger partial charge is 0.529 e. The lowest BCUT2D eigenvalue weighted by Crippen LogP contribution is -2.03. The van der Waals surface area contributed by atoms with E-state index in [1.165, 1.54) is 28.4 Å². The third-order valence-electron chi connectivity index (χ3n) is 3.58. The average Bonchev–Trinajstić information content (AvgIpc) is 2.77. The van der Waals surface area contributed by atoms with Crippen LogP contribution in [-0.4, -0.2) is 28.4 Å². The molecular weight excluding hydrogens is 406 g/mol. The fourth-order valence-corrected chi connectivity index (χ4v) is 3.57. The van der Waals surface area contributed by atoms with Gasteiger partial charge in [0, 0.05) is 39.6 Å². The van der Waals surface area contributed by atoms with E-state index in [1.807, 2.05) is 0 Å². The smallest absolute Gasteiger partial charge is 0.399 e. The number of hydrogen-bond acceptors (Lipinski definition) is 8. The van der Waals surface area contributed by atoms with Gasteiger partial charge >= 0.3 is 15.6 Å². The van der Waals surface area contributed by atoms with Crippen LogP contribution in [0.15, 0.2) is 60.7 Å². The molecule has 0 amide bonds. The molecule has 0 radical (unpaired) electrons. The summed E-state index contributed by atoms with van der Waals surface area (Å²) in [6.07, 6.45) is 0. The Morgan fingerprint density at radius 1 is 0.571 bits per heavy atom. The van der Waals surface area contributed by atoms with Crippen LogP contribution in [0.25, 0.3) is 11.5 Å². The van der Waals surface area contributed by atoms with Gasteiger partial charge in [0.1, 0.15) is 0 Å². The summed E-state index contributed by atoms with van der Waals surface area (Å²) in [6, 6.07) is 17.4. The van der Waals surface area contributed by atoms with Gasteiger partial charge in [0.15, 0.2) is 11.5 Å². The highest BCUT2D eigenvalue weighted by Crippen LogP contribution is 2.56. The van der Waals surface area contributed by atoms with Gasteiger partial charge in [-0.05, 0) is 0 Å². The molecule has 8 nitrogen and oxygen atoms in total. The first kappa shape index (κ1) is 22.4. The Morgan fingerprint density at radius 2 is 0.857 bits per heavy atom.